The number of nitrogens with zero attached hydrogens (tertiary/aromatic N) is 2. The van der Waals surface area contributed by atoms with Crippen molar-refractivity contribution in [2.45, 2.75) is 52.7 Å². The number of amidine groups is 1. The first-order valence-corrected chi connectivity index (χ1v) is 7.50. The fraction of sp³-hybridized carbons (Fsp3) is 0.733. The third-order valence-corrected chi connectivity index (χ3v) is 3.35. The summed E-state index contributed by atoms with van der Waals surface area (Å²) in [6.07, 6.45) is 2.64. The third kappa shape index (κ3) is 4.82. The lowest BCUT2D eigenvalue weighted by molar-refractivity contribution is -0.113. The molecule has 1 aliphatic heterocycles. The molecule has 7 heteroatoms. The largest absolute Gasteiger partial charge is 0.444 e. The number of aldehydes is 1. The Morgan fingerprint density at radius 3 is 2.68 bits per heavy atom. The number of carbonyl (C=O) groups excluding carboxylic acids is 2. The highest BCUT2D eigenvalue weighted by molar-refractivity contribution is 6.05. The highest BCUT2D eigenvalue weighted by Crippen LogP contribution is 2.27. The van der Waals surface area contributed by atoms with Crippen LogP contribution < -0.4 is 10.6 Å². The van der Waals surface area contributed by atoms with Gasteiger partial charge in [-0.25, -0.2) is 9.79 Å². The number of nitrogens with one attached hydrogen (secondary N) is 2. The lowest BCUT2D eigenvalue weighted by atomic mass is 9.80. The first-order valence-electron chi connectivity index (χ1n) is 7.50. The molecule has 2 unspecified atom stereocenters. The van der Waals surface area contributed by atoms with Gasteiger partial charge in [0.05, 0.1) is 6.04 Å². The van der Waals surface area contributed by atoms with Crippen molar-refractivity contribution in [1.29, 1.82) is 0 Å². The van der Waals surface area contributed by atoms with E-state index in [0.29, 0.717) is 18.9 Å². The highest BCUT2D eigenvalue weighted by Gasteiger charge is 2.39. The van der Waals surface area contributed by atoms with Crippen LogP contribution in [-0.2, 0) is 9.53 Å². The Kier molecular flexibility index (Phi) is 6.08. The Balaban J connectivity index is 2.47. The quantitative estimate of drug-likeness (QED) is 0.595. The molecule has 1 aliphatic rings. The maximum atomic E-state index is 11.5. The predicted octanol–water partition coefficient (Wildman–Crippen LogP) is 1.52. The Labute approximate surface area is 131 Å². The lowest BCUT2D eigenvalue weighted by Crippen LogP contribution is -2.50. The van der Waals surface area contributed by atoms with Gasteiger partial charge in [-0.2, -0.15) is 0 Å². The molecular formula is C15H26N4O3. The molecule has 1 rings (SSSR count). The summed E-state index contributed by atoms with van der Waals surface area (Å²) >= 11 is 0. The molecule has 0 aromatic rings. The van der Waals surface area contributed by atoms with Gasteiger partial charge in [-0.05, 0) is 34.1 Å². The van der Waals surface area contributed by atoms with E-state index in [0.717, 1.165) is 12.7 Å². The fourth-order valence-electron chi connectivity index (χ4n) is 2.18. The van der Waals surface area contributed by atoms with Crippen molar-refractivity contribution in [3.63, 3.8) is 0 Å². The van der Waals surface area contributed by atoms with Crippen molar-refractivity contribution in [2.75, 3.05) is 13.1 Å². The summed E-state index contributed by atoms with van der Waals surface area (Å²) in [5.74, 6) is 0.579. The second-order valence-corrected chi connectivity index (χ2v) is 6.42. The van der Waals surface area contributed by atoms with E-state index >= 15 is 0 Å². The Bertz CT molecular complexity index is 468. The number of amides is 1. The Hall–Kier alpha value is -1.92. The maximum Gasteiger partial charge on any atom is 0.407 e. The van der Waals surface area contributed by atoms with E-state index in [2.05, 4.69) is 20.6 Å². The number of alkyl carbamates (subject to hydrolysis) is 1. The van der Waals surface area contributed by atoms with Crippen LogP contribution in [0.3, 0.4) is 0 Å². The molecule has 2 N–H and O–H groups in total. The second kappa shape index (κ2) is 7.38. The van der Waals surface area contributed by atoms with Gasteiger partial charge in [-0.15, -0.1) is 0 Å². The highest BCUT2D eigenvalue weighted by atomic mass is 16.6. The van der Waals surface area contributed by atoms with Crippen molar-refractivity contribution in [3.05, 3.63) is 0 Å². The van der Waals surface area contributed by atoms with E-state index < -0.39 is 17.1 Å². The van der Waals surface area contributed by atoms with E-state index in [1.54, 1.807) is 20.8 Å². The van der Waals surface area contributed by atoms with Gasteiger partial charge in [0.1, 0.15) is 29.5 Å². The molecular weight excluding hydrogens is 284 g/mol. The summed E-state index contributed by atoms with van der Waals surface area (Å²) in [5.41, 5.74) is -1.28. The minimum atomic E-state index is -0.755. The van der Waals surface area contributed by atoms with Gasteiger partial charge < -0.3 is 20.2 Å². The van der Waals surface area contributed by atoms with Crippen LogP contribution in [0.4, 0.5) is 4.79 Å². The number of rotatable bonds is 5. The SMILES string of the molecule is CCC1N=CN=C(NCCNC(=O)OC(C)(C)C)C1(C)C=O. The van der Waals surface area contributed by atoms with Gasteiger partial charge in [0, 0.05) is 13.1 Å². The minimum absolute atomic E-state index is 0.121. The monoisotopic (exact) mass is 310 g/mol. The lowest BCUT2D eigenvalue weighted by Gasteiger charge is -2.33. The summed E-state index contributed by atoms with van der Waals surface area (Å²) in [7, 11) is 0. The van der Waals surface area contributed by atoms with Crippen molar-refractivity contribution in [2.24, 2.45) is 15.4 Å². The first kappa shape index (κ1) is 18.1. The molecule has 0 fully saturated rings. The van der Waals surface area contributed by atoms with Crippen LogP contribution in [0.15, 0.2) is 9.98 Å². The maximum absolute atomic E-state index is 11.5. The van der Waals surface area contributed by atoms with E-state index in [9.17, 15) is 9.59 Å². The van der Waals surface area contributed by atoms with Gasteiger partial charge in [-0.3, -0.25) is 4.99 Å². The smallest absolute Gasteiger partial charge is 0.407 e. The topological polar surface area (TPSA) is 92.2 Å². The van der Waals surface area contributed by atoms with Crippen LogP contribution in [0.2, 0.25) is 0 Å². The molecule has 22 heavy (non-hydrogen) atoms. The molecule has 124 valence electrons. The van der Waals surface area contributed by atoms with E-state index in [4.69, 9.17) is 4.74 Å². The standard InChI is InChI=1S/C15H26N4O3/c1-6-11-15(5,9-20)12(19-10-18-11)16-7-8-17-13(21)22-14(2,3)4/h9-11H,6-8H2,1-5H3,(H,17,21)(H,16,18,19). The third-order valence-electron chi connectivity index (χ3n) is 3.35. The van der Waals surface area contributed by atoms with Crippen molar-refractivity contribution in [1.82, 2.24) is 10.6 Å². The van der Waals surface area contributed by atoms with Crippen LogP contribution in [-0.4, -0.2) is 49.3 Å². The second-order valence-electron chi connectivity index (χ2n) is 6.42. The molecule has 1 amide bonds. The summed E-state index contributed by atoms with van der Waals surface area (Å²) in [5, 5.41) is 5.75. The predicted molar refractivity (Wildman–Crippen MR) is 86.4 cm³/mol. The average molecular weight is 310 g/mol. The molecule has 0 aromatic carbocycles. The number of ether oxygens (including phenoxy) is 1. The minimum Gasteiger partial charge on any atom is -0.444 e. The van der Waals surface area contributed by atoms with Crippen LogP contribution in [0, 0.1) is 5.41 Å². The zero-order valence-corrected chi connectivity index (χ0v) is 14.0. The van der Waals surface area contributed by atoms with Crippen LogP contribution >= 0.6 is 0 Å². The molecule has 0 saturated carbocycles. The van der Waals surface area contributed by atoms with Crippen molar-refractivity contribution < 1.29 is 14.3 Å². The zero-order chi connectivity index (χ0) is 16.8. The van der Waals surface area contributed by atoms with Crippen LogP contribution in [0.5, 0.6) is 0 Å². The molecule has 0 spiro atoms. The Morgan fingerprint density at radius 2 is 2.14 bits per heavy atom. The summed E-state index contributed by atoms with van der Waals surface area (Å²) in [6.45, 7) is 10.0. The van der Waals surface area contributed by atoms with Crippen LogP contribution in [0.1, 0.15) is 41.0 Å². The molecule has 0 aromatic heterocycles. The molecule has 7 nitrogen and oxygen atoms in total. The number of aliphatic imine (C=N–C) groups is 2. The number of hydrogen-bond acceptors (Lipinski definition) is 6. The Morgan fingerprint density at radius 1 is 1.45 bits per heavy atom. The average Bonchev–Trinajstić information content (AvgIpc) is 2.43. The van der Waals surface area contributed by atoms with Crippen molar-refractivity contribution >= 4 is 24.6 Å². The van der Waals surface area contributed by atoms with Gasteiger partial charge in [0.15, 0.2) is 0 Å². The zero-order valence-electron chi connectivity index (χ0n) is 14.0. The molecule has 0 saturated heterocycles. The molecule has 1 heterocycles. The number of carbonyl (C=O) groups is 2. The normalized spacial score (nSPS) is 24.4. The summed E-state index contributed by atoms with van der Waals surface area (Å²) in [4.78, 5) is 31.4. The summed E-state index contributed by atoms with van der Waals surface area (Å²) in [6, 6.07) is -0.121. The van der Waals surface area contributed by atoms with E-state index in [-0.39, 0.29) is 6.04 Å². The molecule has 0 radical (unpaired) electrons. The van der Waals surface area contributed by atoms with Gasteiger partial charge in [-0.1, -0.05) is 6.92 Å². The molecule has 2 atom stereocenters. The number of hydrogen-bond donors (Lipinski definition) is 2. The van der Waals surface area contributed by atoms with Gasteiger partial charge >= 0.3 is 6.09 Å². The summed E-state index contributed by atoms with van der Waals surface area (Å²) < 4.78 is 5.14. The van der Waals surface area contributed by atoms with Gasteiger partial charge in [0.25, 0.3) is 0 Å². The van der Waals surface area contributed by atoms with Crippen molar-refractivity contribution in [3.8, 4) is 0 Å². The van der Waals surface area contributed by atoms with Crippen LogP contribution in [0.25, 0.3) is 0 Å². The molecule has 0 aliphatic carbocycles. The van der Waals surface area contributed by atoms with E-state index in [1.807, 2.05) is 13.8 Å². The van der Waals surface area contributed by atoms with E-state index in [1.165, 1.54) is 6.34 Å². The fourth-order valence-corrected chi connectivity index (χ4v) is 2.18. The molecule has 0 bridgehead atoms. The van der Waals surface area contributed by atoms with Gasteiger partial charge in [0.2, 0.25) is 0 Å². The first-order chi connectivity index (χ1) is 10.2.